The van der Waals surface area contributed by atoms with Gasteiger partial charge in [-0.15, -0.1) is 0 Å². The molecule has 2 rings (SSSR count). The van der Waals surface area contributed by atoms with Crippen molar-refractivity contribution < 1.29 is 9.90 Å². The first-order valence-electron chi connectivity index (χ1n) is 4.44. The third kappa shape index (κ3) is 1.75. The summed E-state index contributed by atoms with van der Waals surface area (Å²) in [5, 5.41) is 12.2. The molecule has 0 unspecified atom stereocenters. The second-order valence-electron chi connectivity index (χ2n) is 3.37. The number of phenols is 1. The van der Waals surface area contributed by atoms with E-state index in [0.29, 0.717) is 10.9 Å². The van der Waals surface area contributed by atoms with Crippen LogP contribution in [0.1, 0.15) is 24.4 Å². The average Bonchev–Trinajstić information content (AvgIpc) is 2.57. The Bertz CT molecular complexity index is 378. The molecular weight excluding hydrogens is 246 g/mol. The fourth-order valence-corrected chi connectivity index (χ4v) is 2.00. The Balaban J connectivity index is 2.24. The first kappa shape index (κ1) is 9.52. The van der Waals surface area contributed by atoms with Gasteiger partial charge in [-0.2, -0.15) is 0 Å². The normalized spacial score (nSPS) is 20.9. The maximum absolute atomic E-state index is 11.0. The molecule has 1 saturated heterocycles. The smallest absolute Gasteiger partial charge is 0.220 e. The quantitative estimate of drug-likeness (QED) is 0.808. The molecule has 1 fully saturated rings. The van der Waals surface area contributed by atoms with Crippen LogP contribution in [0.3, 0.4) is 0 Å². The molecule has 74 valence electrons. The molecule has 1 amide bonds. The predicted octanol–water partition coefficient (Wildman–Crippen LogP) is 2.11. The molecule has 0 radical (unpaired) electrons. The van der Waals surface area contributed by atoms with E-state index in [2.05, 4.69) is 21.2 Å². The van der Waals surface area contributed by atoms with Crippen LogP contribution in [0.4, 0.5) is 0 Å². The van der Waals surface area contributed by atoms with E-state index in [9.17, 15) is 9.90 Å². The van der Waals surface area contributed by atoms with E-state index < -0.39 is 0 Å². The molecule has 0 saturated carbocycles. The van der Waals surface area contributed by atoms with Gasteiger partial charge in [0.1, 0.15) is 5.75 Å². The Morgan fingerprint density at radius 1 is 1.50 bits per heavy atom. The molecule has 0 bridgehead atoms. The third-order valence-electron chi connectivity index (χ3n) is 2.37. The van der Waals surface area contributed by atoms with Gasteiger partial charge < -0.3 is 10.4 Å². The van der Waals surface area contributed by atoms with Gasteiger partial charge in [0.25, 0.3) is 0 Å². The molecule has 1 aliphatic rings. The molecule has 1 aromatic carbocycles. The van der Waals surface area contributed by atoms with E-state index in [1.54, 1.807) is 6.07 Å². The lowest BCUT2D eigenvalue weighted by Crippen LogP contribution is -2.18. The van der Waals surface area contributed by atoms with Crippen LogP contribution in [-0.4, -0.2) is 11.0 Å². The summed E-state index contributed by atoms with van der Waals surface area (Å²) in [6, 6.07) is 5.39. The summed E-state index contributed by atoms with van der Waals surface area (Å²) < 4.78 is 0.663. The average molecular weight is 256 g/mol. The highest BCUT2D eigenvalue weighted by atomic mass is 79.9. The number of aromatic hydroxyl groups is 1. The fraction of sp³-hybridized carbons (Fsp3) is 0.300. The van der Waals surface area contributed by atoms with Gasteiger partial charge >= 0.3 is 0 Å². The van der Waals surface area contributed by atoms with E-state index in [-0.39, 0.29) is 17.7 Å². The second-order valence-corrected chi connectivity index (χ2v) is 4.22. The number of amides is 1. The SMILES string of the molecule is O=C1CC[C@H](c2ccc(O)c(Br)c2)N1. The highest BCUT2D eigenvalue weighted by molar-refractivity contribution is 9.10. The summed E-state index contributed by atoms with van der Waals surface area (Å²) in [5.41, 5.74) is 1.03. The fourth-order valence-electron chi connectivity index (χ4n) is 1.60. The van der Waals surface area contributed by atoms with Crippen LogP contribution < -0.4 is 5.32 Å². The predicted molar refractivity (Wildman–Crippen MR) is 55.9 cm³/mol. The third-order valence-corrected chi connectivity index (χ3v) is 3.00. The van der Waals surface area contributed by atoms with Crippen LogP contribution in [0.25, 0.3) is 0 Å². The van der Waals surface area contributed by atoms with Crippen LogP contribution in [-0.2, 0) is 4.79 Å². The van der Waals surface area contributed by atoms with Gasteiger partial charge in [0.05, 0.1) is 10.5 Å². The number of halogens is 1. The van der Waals surface area contributed by atoms with Gasteiger partial charge in [-0.1, -0.05) is 6.07 Å². The maximum Gasteiger partial charge on any atom is 0.220 e. The van der Waals surface area contributed by atoms with Gasteiger partial charge in [0.15, 0.2) is 0 Å². The number of benzene rings is 1. The van der Waals surface area contributed by atoms with Crippen molar-refractivity contribution in [1.82, 2.24) is 5.32 Å². The number of hydrogen-bond acceptors (Lipinski definition) is 2. The molecule has 3 nitrogen and oxygen atoms in total. The number of phenolic OH excluding ortho intramolecular Hbond substituents is 1. The molecule has 0 aliphatic carbocycles. The molecule has 1 aromatic rings. The van der Waals surface area contributed by atoms with Crippen LogP contribution in [0.5, 0.6) is 5.75 Å². The molecule has 2 N–H and O–H groups in total. The zero-order valence-corrected chi connectivity index (χ0v) is 9.04. The lowest BCUT2D eigenvalue weighted by Gasteiger charge is -2.10. The molecule has 0 aromatic heterocycles. The number of hydrogen-bond donors (Lipinski definition) is 2. The van der Waals surface area contributed by atoms with E-state index in [0.717, 1.165) is 12.0 Å². The number of nitrogens with one attached hydrogen (secondary N) is 1. The van der Waals surface area contributed by atoms with E-state index in [4.69, 9.17) is 0 Å². The Morgan fingerprint density at radius 3 is 2.86 bits per heavy atom. The molecule has 14 heavy (non-hydrogen) atoms. The van der Waals surface area contributed by atoms with E-state index >= 15 is 0 Å². The first-order valence-corrected chi connectivity index (χ1v) is 5.24. The topological polar surface area (TPSA) is 49.3 Å². The lowest BCUT2D eigenvalue weighted by atomic mass is 10.1. The molecule has 1 heterocycles. The van der Waals surface area contributed by atoms with Crippen molar-refractivity contribution >= 4 is 21.8 Å². The molecule has 1 aliphatic heterocycles. The lowest BCUT2D eigenvalue weighted by molar-refractivity contribution is -0.119. The molecule has 0 spiro atoms. The number of rotatable bonds is 1. The zero-order valence-electron chi connectivity index (χ0n) is 7.46. The van der Waals surface area contributed by atoms with Crippen LogP contribution in [0.15, 0.2) is 22.7 Å². The largest absolute Gasteiger partial charge is 0.507 e. The van der Waals surface area contributed by atoms with E-state index in [1.165, 1.54) is 0 Å². The summed E-state index contributed by atoms with van der Waals surface area (Å²) in [5.74, 6) is 0.317. The first-order chi connectivity index (χ1) is 6.66. The Labute approximate surface area is 90.3 Å². The van der Waals surface area contributed by atoms with Crippen molar-refractivity contribution in [2.24, 2.45) is 0 Å². The Kier molecular flexibility index (Phi) is 2.46. The summed E-state index contributed by atoms with van der Waals surface area (Å²) in [6.45, 7) is 0. The maximum atomic E-state index is 11.0. The van der Waals surface area contributed by atoms with Crippen LogP contribution >= 0.6 is 15.9 Å². The highest BCUT2D eigenvalue weighted by Gasteiger charge is 2.22. The number of carbonyl (C=O) groups is 1. The molecule has 1 atom stereocenters. The molecule has 4 heteroatoms. The summed E-state index contributed by atoms with van der Waals surface area (Å²) in [7, 11) is 0. The van der Waals surface area contributed by atoms with Gasteiger partial charge in [-0.25, -0.2) is 0 Å². The minimum atomic E-state index is 0.0965. The molecular formula is C10H10BrNO2. The van der Waals surface area contributed by atoms with Gasteiger partial charge in [-0.05, 0) is 40.0 Å². The van der Waals surface area contributed by atoms with E-state index in [1.807, 2.05) is 12.1 Å². The van der Waals surface area contributed by atoms with Crippen molar-refractivity contribution in [3.63, 3.8) is 0 Å². The Morgan fingerprint density at radius 2 is 2.29 bits per heavy atom. The van der Waals surface area contributed by atoms with Gasteiger partial charge in [0.2, 0.25) is 5.91 Å². The van der Waals surface area contributed by atoms with Crippen molar-refractivity contribution in [2.75, 3.05) is 0 Å². The van der Waals surface area contributed by atoms with Crippen molar-refractivity contribution in [3.05, 3.63) is 28.2 Å². The zero-order chi connectivity index (χ0) is 10.1. The van der Waals surface area contributed by atoms with Gasteiger partial charge in [0, 0.05) is 6.42 Å². The van der Waals surface area contributed by atoms with Crippen LogP contribution in [0.2, 0.25) is 0 Å². The van der Waals surface area contributed by atoms with Gasteiger partial charge in [-0.3, -0.25) is 4.79 Å². The second kappa shape index (κ2) is 3.61. The standard InChI is InChI=1S/C10H10BrNO2/c11-7-5-6(1-3-9(7)13)8-2-4-10(14)12-8/h1,3,5,8,13H,2,4H2,(H,12,14)/t8-/m1/s1. The number of carbonyl (C=O) groups excluding carboxylic acids is 1. The van der Waals surface area contributed by atoms with Crippen LogP contribution in [0, 0.1) is 0 Å². The monoisotopic (exact) mass is 255 g/mol. The van der Waals surface area contributed by atoms with Crippen molar-refractivity contribution in [1.29, 1.82) is 0 Å². The summed E-state index contributed by atoms with van der Waals surface area (Å²) in [4.78, 5) is 11.0. The van der Waals surface area contributed by atoms with Crippen molar-refractivity contribution in [3.8, 4) is 5.75 Å². The van der Waals surface area contributed by atoms with Crippen molar-refractivity contribution in [2.45, 2.75) is 18.9 Å². The summed E-state index contributed by atoms with van der Waals surface area (Å²) >= 11 is 3.25. The minimum Gasteiger partial charge on any atom is -0.507 e. The minimum absolute atomic E-state index is 0.0965. The highest BCUT2D eigenvalue weighted by Crippen LogP contribution is 2.30. The Hall–Kier alpha value is -1.03. The summed E-state index contributed by atoms with van der Waals surface area (Å²) in [6.07, 6.45) is 1.42.